The maximum Gasteiger partial charge on any atom is 0.261 e. The molecular weight excluding hydrogens is 411 g/mol. The van der Waals surface area contributed by atoms with Crippen molar-refractivity contribution in [3.05, 3.63) is 91.9 Å². The molecule has 2 heterocycles. The van der Waals surface area contributed by atoms with E-state index in [1.54, 1.807) is 6.07 Å². The van der Waals surface area contributed by atoms with Gasteiger partial charge in [0.25, 0.3) is 11.8 Å². The minimum Gasteiger partial charge on any atom is -0.347 e. The largest absolute Gasteiger partial charge is 0.347 e. The number of thiophene rings is 1. The molecule has 2 aromatic carbocycles. The molecule has 0 spiro atoms. The molecular formula is C22H18ClFN2O2S. The quantitative estimate of drug-likeness (QED) is 0.656. The van der Waals surface area contributed by atoms with Crippen molar-refractivity contribution < 1.29 is 14.0 Å². The van der Waals surface area contributed by atoms with Gasteiger partial charge in [-0.1, -0.05) is 35.9 Å². The van der Waals surface area contributed by atoms with E-state index in [4.69, 9.17) is 11.6 Å². The van der Waals surface area contributed by atoms with Gasteiger partial charge in [0, 0.05) is 30.1 Å². The highest BCUT2D eigenvalue weighted by molar-refractivity contribution is 7.14. The fourth-order valence-electron chi connectivity index (χ4n) is 3.30. The Labute approximate surface area is 176 Å². The Morgan fingerprint density at radius 2 is 1.93 bits per heavy atom. The smallest absolute Gasteiger partial charge is 0.261 e. The molecule has 2 amide bonds. The first kappa shape index (κ1) is 19.6. The van der Waals surface area contributed by atoms with Crippen LogP contribution in [0.15, 0.2) is 54.6 Å². The summed E-state index contributed by atoms with van der Waals surface area (Å²) in [7, 11) is 0. The molecule has 0 bridgehead atoms. The van der Waals surface area contributed by atoms with Gasteiger partial charge in [-0.05, 0) is 47.9 Å². The molecule has 3 aromatic rings. The first-order valence-electron chi connectivity index (χ1n) is 9.19. The molecule has 0 saturated carbocycles. The first-order chi connectivity index (χ1) is 14.0. The van der Waals surface area contributed by atoms with Crippen molar-refractivity contribution in [3.63, 3.8) is 0 Å². The molecule has 0 atom stereocenters. The Kier molecular flexibility index (Phi) is 5.65. The Bertz CT molecular complexity index is 1070. The van der Waals surface area contributed by atoms with Crippen molar-refractivity contribution in [1.82, 2.24) is 10.2 Å². The Hall–Kier alpha value is -2.70. The van der Waals surface area contributed by atoms with Crippen LogP contribution in [0.4, 0.5) is 4.39 Å². The summed E-state index contributed by atoms with van der Waals surface area (Å²) in [6.45, 7) is 1.40. The number of hydrogen-bond donors (Lipinski definition) is 1. The molecule has 7 heteroatoms. The summed E-state index contributed by atoms with van der Waals surface area (Å²) in [6, 6.07) is 15.4. The highest BCUT2D eigenvalue weighted by Crippen LogP contribution is 2.29. The number of hydrogen-bond acceptors (Lipinski definition) is 3. The van der Waals surface area contributed by atoms with Crippen LogP contribution in [-0.4, -0.2) is 23.3 Å². The second-order valence-electron chi connectivity index (χ2n) is 6.83. The van der Waals surface area contributed by atoms with Gasteiger partial charge in [0.15, 0.2) is 0 Å². The van der Waals surface area contributed by atoms with Crippen LogP contribution in [0.1, 0.15) is 36.0 Å². The SMILES string of the molecule is O=C(NCc1ccc(F)c(Cl)c1)c1cc2c(s1)CCN(C(=O)c1ccccc1)C2. The lowest BCUT2D eigenvalue weighted by Gasteiger charge is -2.27. The van der Waals surface area contributed by atoms with Crippen LogP contribution in [0.5, 0.6) is 0 Å². The van der Waals surface area contributed by atoms with E-state index in [-0.39, 0.29) is 23.4 Å². The van der Waals surface area contributed by atoms with Crippen LogP contribution in [0, 0.1) is 5.82 Å². The normalized spacial score (nSPS) is 13.1. The van der Waals surface area contributed by atoms with E-state index in [0.29, 0.717) is 23.5 Å². The summed E-state index contributed by atoms with van der Waals surface area (Å²) in [6.07, 6.45) is 0.736. The highest BCUT2D eigenvalue weighted by atomic mass is 35.5. The summed E-state index contributed by atoms with van der Waals surface area (Å²) < 4.78 is 13.2. The maximum absolute atomic E-state index is 13.2. The second-order valence-corrected chi connectivity index (χ2v) is 8.38. The van der Waals surface area contributed by atoms with Gasteiger partial charge < -0.3 is 10.2 Å². The summed E-state index contributed by atoms with van der Waals surface area (Å²) >= 11 is 7.24. The van der Waals surface area contributed by atoms with E-state index < -0.39 is 5.82 Å². The molecule has 0 saturated heterocycles. The molecule has 4 nitrogen and oxygen atoms in total. The molecule has 148 valence electrons. The fraction of sp³-hybridized carbons (Fsp3) is 0.182. The maximum atomic E-state index is 13.2. The Morgan fingerprint density at radius 1 is 1.14 bits per heavy atom. The van der Waals surface area contributed by atoms with Crippen LogP contribution >= 0.6 is 22.9 Å². The van der Waals surface area contributed by atoms with E-state index in [1.165, 1.54) is 23.5 Å². The predicted octanol–water partition coefficient (Wildman–Crippen LogP) is 4.67. The minimum absolute atomic E-state index is 0.00152. The van der Waals surface area contributed by atoms with Crippen molar-refractivity contribution in [2.24, 2.45) is 0 Å². The number of fused-ring (bicyclic) bond motifs is 1. The molecule has 0 radical (unpaired) electrons. The third kappa shape index (κ3) is 4.33. The van der Waals surface area contributed by atoms with E-state index in [1.807, 2.05) is 41.3 Å². The van der Waals surface area contributed by atoms with Crippen LogP contribution in [0.3, 0.4) is 0 Å². The molecule has 29 heavy (non-hydrogen) atoms. The van der Waals surface area contributed by atoms with Gasteiger partial charge in [-0.15, -0.1) is 11.3 Å². The van der Waals surface area contributed by atoms with Crippen LogP contribution in [0.25, 0.3) is 0 Å². The zero-order valence-electron chi connectivity index (χ0n) is 15.5. The van der Waals surface area contributed by atoms with Crippen molar-refractivity contribution in [1.29, 1.82) is 0 Å². The highest BCUT2D eigenvalue weighted by Gasteiger charge is 2.25. The average molecular weight is 429 g/mol. The average Bonchev–Trinajstić information content (AvgIpc) is 3.18. The Morgan fingerprint density at radius 3 is 2.69 bits per heavy atom. The van der Waals surface area contributed by atoms with Crippen LogP contribution in [0.2, 0.25) is 5.02 Å². The third-order valence-corrected chi connectivity index (χ3v) is 6.36. The van der Waals surface area contributed by atoms with Crippen molar-refractivity contribution in [3.8, 4) is 0 Å². The van der Waals surface area contributed by atoms with Gasteiger partial charge in [0.05, 0.1) is 9.90 Å². The Balaban J connectivity index is 1.41. The number of halogens is 2. The number of carbonyl (C=O) groups excluding carboxylic acids is 2. The van der Waals surface area contributed by atoms with Crippen molar-refractivity contribution in [2.45, 2.75) is 19.5 Å². The standard InChI is InChI=1S/C22H18ClFN2O2S/c23-17-10-14(6-7-18(17)24)12-25-21(27)20-11-16-13-26(9-8-19(16)29-20)22(28)15-4-2-1-3-5-15/h1-7,10-11H,8-9,12-13H2,(H,25,27). The van der Waals surface area contributed by atoms with Gasteiger partial charge in [-0.2, -0.15) is 0 Å². The lowest BCUT2D eigenvalue weighted by atomic mass is 10.1. The third-order valence-electron chi connectivity index (χ3n) is 4.84. The first-order valence-corrected chi connectivity index (χ1v) is 10.4. The fourth-order valence-corrected chi connectivity index (χ4v) is 4.58. The number of carbonyl (C=O) groups is 2. The molecule has 1 aliphatic rings. The molecule has 1 N–H and O–H groups in total. The molecule has 1 aromatic heterocycles. The number of amides is 2. The summed E-state index contributed by atoms with van der Waals surface area (Å²) in [5, 5.41) is 2.87. The van der Waals surface area contributed by atoms with Gasteiger partial charge >= 0.3 is 0 Å². The van der Waals surface area contributed by atoms with E-state index >= 15 is 0 Å². The molecule has 0 aliphatic carbocycles. The van der Waals surface area contributed by atoms with Gasteiger partial charge in [-0.25, -0.2) is 4.39 Å². The topological polar surface area (TPSA) is 49.4 Å². The zero-order valence-corrected chi connectivity index (χ0v) is 17.0. The zero-order chi connectivity index (χ0) is 20.4. The molecule has 0 unspecified atom stereocenters. The monoisotopic (exact) mass is 428 g/mol. The minimum atomic E-state index is -0.484. The van der Waals surface area contributed by atoms with Crippen molar-refractivity contribution >= 4 is 34.8 Å². The molecule has 1 aliphatic heterocycles. The molecule has 4 rings (SSSR count). The van der Waals surface area contributed by atoms with E-state index in [2.05, 4.69) is 5.32 Å². The predicted molar refractivity (Wildman–Crippen MR) is 112 cm³/mol. The van der Waals surface area contributed by atoms with Gasteiger partial charge in [0.1, 0.15) is 5.82 Å². The van der Waals surface area contributed by atoms with E-state index in [9.17, 15) is 14.0 Å². The second kappa shape index (κ2) is 8.35. The number of benzene rings is 2. The number of nitrogens with one attached hydrogen (secondary N) is 1. The lowest BCUT2D eigenvalue weighted by molar-refractivity contribution is 0.0736. The summed E-state index contributed by atoms with van der Waals surface area (Å²) in [4.78, 5) is 28.8. The lowest BCUT2D eigenvalue weighted by Crippen LogP contribution is -2.35. The summed E-state index contributed by atoms with van der Waals surface area (Å²) in [5.41, 5.74) is 2.41. The van der Waals surface area contributed by atoms with E-state index in [0.717, 1.165) is 22.4 Å². The summed E-state index contributed by atoms with van der Waals surface area (Å²) in [5.74, 6) is -0.672. The van der Waals surface area contributed by atoms with Gasteiger partial charge in [0.2, 0.25) is 0 Å². The number of rotatable bonds is 4. The van der Waals surface area contributed by atoms with Crippen LogP contribution in [-0.2, 0) is 19.5 Å². The van der Waals surface area contributed by atoms with Crippen LogP contribution < -0.4 is 5.32 Å². The molecule has 0 fully saturated rings. The van der Waals surface area contributed by atoms with Gasteiger partial charge in [-0.3, -0.25) is 9.59 Å². The number of nitrogens with zero attached hydrogens (tertiary/aromatic N) is 1. The van der Waals surface area contributed by atoms with Crippen molar-refractivity contribution in [2.75, 3.05) is 6.54 Å².